The highest BCUT2D eigenvalue weighted by molar-refractivity contribution is 6.04. The second-order valence-electron chi connectivity index (χ2n) is 6.16. The molecule has 2 aromatic carbocycles. The van der Waals surface area contributed by atoms with Crippen molar-refractivity contribution in [2.45, 2.75) is 13.3 Å². The van der Waals surface area contributed by atoms with Crippen molar-refractivity contribution in [3.63, 3.8) is 0 Å². The van der Waals surface area contributed by atoms with Gasteiger partial charge in [0.25, 0.3) is 5.91 Å². The number of carbonyl (C=O) groups excluding carboxylic acids is 1. The first kappa shape index (κ1) is 16.3. The number of rotatable bonds is 4. The van der Waals surface area contributed by atoms with E-state index in [0.717, 1.165) is 24.3 Å². The summed E-state index contributed by atoms with van der Waals surface area (Å²) in [7, 11) is 0. The Morgan fingerprint density at radius 1 is 1.08 bits per heavy atom. The van der Waals surface area contributed by atoms with Crippen molar-refractivity contribution in [2.75, 3.05) is 22.9 Å². The molecule has 0 N–H and O–H groups in total. The molecule has 5 heteroatoms. The van der Waals surface area contributed by atoms with Crippen LogP contribution in [0.25, 0.3) is 0 Å². The molecule has 5 nitrogen and oxygen atoms in total. The molecule has 0 saturated carbocycles. The monoisotopic (exact) mass is 344 g/mol. The van der Waals surface area contributed by atoms with Crippen molar-refractivity contribution in [2.24, 2.45) is 0 Å². The lowest BCUT2D eigenvalue weighted by Crippen LogP contribution is -2.31. The molecular formula is C21H20N4O. The van der Waals surface area contributed by atoms with Gasteiger partial charge in [-0.05, 0) is 43.2 Å². The molecule has 0 spiro atoms. The van der Waals surface area contributed by atoms with E-state index in [1.807, 2.05) is 49.4 Å². The zero-order chi connectivity index (χ0) is 17.9. The number of carbonyl (C=O) groups is 1. The van der Waals surface area contributed by atoms with E-state index in [0.29, 0.717) is 18.2 Å². The number of nitrogens with zero attached hydrogens (tertiary/aromatic N) is 4. The number of anilines is 3. The Balaban J connectivity index is 1.65. The summed E-state index contributed by atoms with van der Waals surface area (Å²) in [6.45, 7) is 3.37. The Bertz CT molecular complexity index is 926. The lowest BCUT2D eigenvalue weighted by atomic mass is 10.2. The summed E-state index contributed by atoms with van der Waals surface area (Å²) in [5, 5.41) is 0. The number of hydrogen-bond acceptors (Lipinski definition) is 4. The SMILES string of the molecule is CCN(C(=O)c1ccnc(N2CCc3ccccc32)n1)c1ccccc1. The normalized spacial score (nSPS) is 12.7. The maximum Gasteiger partial charge on any atom is 0.277 e. The predicted molar refractivity (Wildman–Crippen MR) is 103 cm³/mol. The summed E-state index contributed by atoms with van der Waals surface area (Å²) in [4.78, 5) is 25.8. The van der Waals surface area contributed by atoms with Crippen molar-refractivity contribution >= 4 is 23.2 Å². The molecular weight excluding hydrogens is 324 g/mol. The Morgan fingerprint density at radius 3 is 2.65 bits per heavy atom. The largest absolute Gasteiger partial charge is 0.310 e. The average Bonchev–Trinajstić information content (AvgIpc) is 3.13. The summed E-state index contributed by atoms with van der Waals surface area (Å²) in [5.74, 6) is 0.458. The van der Waals surface area contributed by atoms with Crippen LogP contribution in [-0.2, 0) is 6.42 Å². The summed E-state index contributed by atoms with van der Waals surface area (Å²) < 4.78 is 0. The van der Waals surface area contributed by atoms with Gasteiger partial charge >= 0.3 is 0 Å². The summed E-state index contributed by atoms with van der Waals surface area (Å²) in [6, 6.07) is 19.6. The summed E-state index contributed by atoms with van der Waals surface area (Å²) >= 11 is 0. The molecule has 4 rings (SSSR count). The molecule has 130 valence electrons. The lowest BCUT2D eigenvalue weighted by molar-refractivity contribution is 0.0983. The minimum absolute atomic E-state index is 0.116. The van der Waals surface area contributed by atoms with Crippen LogP contribution in [0.3, 0.4) is 0 Å². The van der Waals surface area contributed by atoms with Crippen LogP contribution >= 0.6 is 0 Å². The fourth-order valence-corrected chi connectivity index (χ4v) is 3.33. The molecule has 2 heterocycles. The maximum atomic E-state index is 13.0. The third-order valence-electron chi connectivity index (χ3n) is 4.62. The van der Waals surface area contributed by atoms with Gasteiger partial charge in [0.1, 0.15) is 5.69 Å². The predicted octanol–water partition coefficient (Wildman–Crippen LogP) is 3.84. The third kappa shape index (κ3) is 2.92. The van der Waals surface area contributed by atoms with Crippen molar-refractivity contribution in [3.8, 4) is 0 Å². The number of amides is 1. The molecule has 0 unspecified atom stereocenters. The van der Waals surface area contributed by atoms with Crippen LogP contribution in [0.2, 0.25) is 0 Å². The molecule has 0 aliphatic carbocycles. The van der Waals surface area contributed by atoms with E-state index in [1.165, 1.54) is 5.56 Å². The van der Waals surface area contributed by atoms with Gasteiger partial charge in [-0.1, -0.05) is 36.4 Å². The molecule has 1 aromatic heterocycles. The van der Waals surface area contributed by atoms with Gasteiger partial charge in [0.2, 0.25) is 5.95 Å². The minimum atomic E-state index is -0.116. The van der Waals surface area contributed by atoms with Gasteiger partial charge in [0.15, 0.2) is 0 Å². The summed E-state index contributed by atoms with van der Waals surface area (Å²) in [6.07, 6.45) is 2.62. The molecule has 0 bridgehead atoms. The molecule has 0 atom stereocenters. The molecule has 0 saturated heterocycles. The topological polar surface area (TPSA) is 49.3 Å². The number of fused-ring (bicyclic) bond motifs is 1. The average molecular weight is 344 g/mol. The lowest BCUT2D eigenvalue weighted by Gasteiger charge is -2.22. The second-order valence-corrected chi connectivity index (χ2v) is 6.16. The number of benzene rings is 2. The fourth-order valence-electron chi connectivity index (χ4n) is 3.33. The van der Waals surface area contributed by atoms with Gasteiger partial charge in [-0.2, -0.15) is 0 Å². The maximum absolute atomic E-state index is 13.0. The molecule has 26 heavy (non-hydrogen) atoms. The number of aromatic nitrogens is 2. The van der Waals surface area contributed by atoms with E-state index in [2.05, 4.69) is 27.0 Å². The number of para-hydroxylation sites is 2. The van der Waals surface area contributed by atoms with Crippen LogP contribution in [0.15, 0.2) is 66.9 Å². The molecule has 1 amide bonds. The van der Waals surface area contributed by atoms with Crippen LogP contribution in [0.5, 0.6) is 0 Å². The van der Waals surface area contributed by atoms with E-state index >= 15 is 0 Å². The Kier molecular flexibility index (Phi) is 4.35. The van der Waals surface area contributed by atoms with Crippen molar-refractivity contribution in [1.29, 1.82) is 0 Å². The van der Waals surface area contributed by atoms with Crippen LogP contribution in [0.4, 0.5) is 17.3 Å². The molecule has 1 aliphatic rings. The zero-order valence-electron chi connectivity index (χ0n) is 14.7. The van der Waals surface area contributed by atoms with Crippen molar-refractivity contribution < 1.29 is 4.79 Å². The Morgan fingerprint density at radius 2 is 1.85 bits per heavy atom. The highest BCUT2D eigenvalue weighted by Crippen LogP contribution is 2.32. The van der Waals surface area contributed by atoms with E-state index in [-0.39, 0.29) is 5.91 Å². The first-order chi connectivity index (χ1) is 12.8. The van der Waals surface area contributed by atoms with E-state index in [1.54, 1.807) is 17.2 Å². The standard InChI is InChI=1S/C21H20N4O/c1-2-24(17-9-4-3-5-10-17)20(26)18-12-14-22-21(23-18)25-15-13-16-8-6-7-11-19(16)25/h3-12,14H,2,13,15H2,1H3. The Labute approximate surface area is 152 Å². The van der Waals surface area contributed by atoms with Gasteiger partial charge < -0.3 is 9.80 Å². The van der Waals surface area contributed by atoms with Gasteiger partial charge in [-0.25, -0.2) is 9.97 Å². The number of hydrogen-bond donors (Lipinski definition) is 0. The quantitative estimate of drug-likeness (QED) is 0.721. The van der Waals surface area contributed by atoms with Crippen LogP contribution in [0, 0.1) is 0 Å². The highest BCUT2D eigenvalue weighted by atomic mass is 16.2. The first-order valence-electron chi connectivity index (χ1n) is 8.83. The highest BCUT2D eigenvalue weighted by Gasteiger charge is 2.24. The zero-order valence-corrected chi connectivity index (χ0v) is 14.7. The molecule has 0 radical (unpaired) electrons. The molecule has 3 aromatic rings. The first-order valence-corrected chi connectivity index (χ1v) is 8.83. The van der Waals surface area contributed by atoms with Crippen molar-refractivity contribution in [3.05, 3.63) is 78.1 Å². The minimum Gasteiger partial charge on any atom is -0.310 e. The van der Waals surface area contributed by atoms with E-state index in [4.69, 9.17) is 0 Å². The van der Waals surface area contributed by atoms with Crippen LogP contribution in [-0.4, -0.2) is 29.0 Å². The summed E-state index contributed by atoms with van der Waals surface area (Å²) in [5.41, 5.74) is 3.68. The smallest absolute Gasteiger partial charge is 0.277 e. The molecule has 1 aliphatic heterocycles. The van der Waals surface area contributed by atoms with Gasteiger partial charge in [-0.3, -0.25) is 4.79 Å². The van der Waals surface area contributed by atoms with Gasteiger partial charge in [-0.15, -0.1) is 0 Å². The fraction of sp³-hybridized carbons (Fsp3) is 0.190. The van der Waals surface area contributed by atoms with Gasteiger partial charge in [0, 0.05) is 30.7 Å². The molecule has 0 fully saturated rings. The van der Waals surface area contributed by atoms with Crippen LogP contribution in [0.1, 0.15) is 23.0 Å². The Hall–Kier alpha value is -3.21. The van der Waals surface area contributed by atoms with Crippen molar-refractivity contribution in [1.82, 2.24) is 9.97 Å². The second kappa shape index (κ2) is 6.96. The van der Waals surface area contributed by atoms with Crippen LogP contribution < -0.4 is 9.80 Å². The van der Waals surface area contributed by atoms with E-state index < -0.39 is 0 Å². The van der Waals surface area contributed by atoms with Gasteiger partial charge in [0.05, 0.1) is 0 Å². The van der Waals surface area contributed by atoms with E-state index in [9.17, 15) is 4.79 Å². The third-order valence-corrected chi connectivity index (χ3v) is 4.62.